The molecule has 6 heterocycles. The number of pyridine rings is 1. The summed E-state index contributed by atoms with van der Waals surface area (Å²) in [6, 6.07) is 9.48. The lowest BCUT2D eigenvalue weighted by atomic mass is 9.86. The van der Waals surface area contributed by atoms with Crippen molar-refractivity contribution < 1.29 is 38.2 Å². The van der Waals surface area contributed by atoms with Gasteiger partial charge in [0.1, 0.15) is 30.2 Å². The highest BCUT2D eigenvalue weighted by Gasteiger charge is 2.45. The molecular weight excluding hydrogens is 775 g/mol. The van der Waals surface area contributed by atoms with Crippen LogP contribution in [0, 0.1) is 12.8 Å². The quantitative estimate of drug-likeness (QED) is 0.0934. The summed E-state index contributed by atoms with van der Waals surface area (Å²) in [5.41, 5.74) is 3.50. The molecule has 3 fully saturated rings. The van der Waals surface area contributed by atoms with E-state index in [9.17, 15) is 28.8 Å². The van der Waals surface area contributed by atoms with E-state index in [0.29, 0.717) is 54.8 Å². The first-order valence-corrected chi connectivity index (χ1v) is 20.3. The third kappa shape index (κ3) is 8.67. The van der Waals surface area contributed by atoms with E-state index in [1.165, 1.54) is 6.33 Å². The van der Waals surface area contributed by atoms with E-state index in [0.717, 1.165) is 41.9 Å². The Morgan fingerprint density at radius 1 is 0.900 bits per heavy atom. The van der Waals surface area contributed by atoms with Gasteiger partial charge in [0, 0.05) is 56.1 Å². The first-order valence-electron chi connectivity index (χ1n) is 20.3. The Labute approximate surface area is 345 Å². The Kier molecular flexibility index (Phi) is 12.1. The van der Waals surface area contributed by atoms with E-state index in [2.05, 4.69) is 45.8 Å². The molecule has 0 unspecified atom stereocenters. The summed E-state index contributed by atoms with van der Waals surface area (Å²) in [4.78, 5) is 96.4. The maximum absolute atomic E-state index is 13.3. The minimum atomic E-state index is -1.03. The van der Waals surface area contributed by atoms with Crippen LogP contribution in [0.2, 0.25) is 0 Å². The topological polar surface area (TPSA) is 232 Å². The molecule has 19 heteroatoms. The molecule has 2 saturated heterocycles. The number of aryl methyl sites for hydroxylation is 1. The number of carbonyl (C=O) groups excluding carboxylic acids is 6. The molecule has 1 saturated carbocycles. The van der Waals surface area contributed by atoms with E-state index >= 15 is 0 Å². The van der Waals surface area contributed by atoms with Crippen molar-refractivity contribution in [3.8, 4) is 0 Å². The predicted octanol–water partition coefficient (Wildman–Crippen LogP) is 1.86. The van der Waals surface area contributed by atoms with Gasteiger partial charge < -0.3 is 34.9 Å². The van der Waals surface area contributed by atoms with Crippen LogP contribution in [0.25, 0.3) is 11.2 Å². The van der Waals surface area contributed by atoms with Crippen molar-refractivity contribution in [2.75, 3.05) is 63.2 Å². The second-order valence-corrected chi connectivity index (χ2v) is 15.5. The van der Waals surface area contributed by atoms with Crippen molar-refractivity contribution in [1.29, 1.82) is 0 Å². The zero-order valence-electron chi connectivity index (χ0n) is 33.2. The van der Waals surface area contributed by atoms with Crippen LogP contribution < -0.4 is 21.3 Å². The number of aromatic nitrogens is 5. The number of nitrogens with one attached hydrogen (secondary N) is 4. The SMILES string of the molecule is Cc1cccc(C(=O)NC2CC(n3cnc4c(NCC5CCN(C(=O)COCCOCCNc6cccc7c6C(=O)N([C@H]6CCC(=O)NC6=O)C7=O)CC5)ncnc43)C2)n1. The third-order valence-corrected chi connectivity index (χ3v) is 11.5. The first kappa shape index (κ1) is 40.4. The maximum Gasteiger partial charge on any atom is 0.270 e. The van der Waals surface area contributed by atoms with Crippen LogP contribution in [-0.4, -0.2) is 134 Å². The number of fused-ring (bicyclic) bond motifs is 2. The highest BCUT2D eigenvalue weighted by Crippen LogP contribution is 2.35. The summed E-state index contributed by atoms with van der Waals surface area (Å²) in [5, 5.41) is 11.9. The Hall–Kier alpha value is -6.34. The van der Waals surface area contributed by atoms with Crippen LogP contribution in [0.4, 0.5) is 11.5 Å². The number of carbonyl (C=O) groups is 6. The van der Waals surface area contributed by atoms with Gasteiger partial charge in [0.15, 0.2) is 11.5 Å². The van der Waals surface area contributed by atoms with Gasteiger partial charge in [-0.1, -0.05) is 12.1 Å². The zero-order chi connectivity index (χ0) is 41.8. The van der Waals surface area contributed by atoms with E-state index < -0.39 is 29.7 Å². The molecule has 1 aromatic carbocycles. The van der Waals surface area contributed by atoms with Gasteiger partial charge in [-0.3, -0.25) is 39.0 Å². The minimum Gasteiger partial charge on any atom is -0.382 e. The molecule has 4 aliphatic rings. The number of nitrogens with zero attached hydrogens (tertiary/aromatic N) is 7. The number of amides is 6. The minimum absolute atomic E-state index is 0.0416. The summed E-state index contributed by atoms with van der Waals surface area (Å²) in [7, 11) is 0. The Morgan fingerprint density at radius 2 is 1.70 bits per heavy atom. The van der Waals surface area contributed by atoms with Gasteiger partial charge in [0.2, 0.25) is 17.7 Å². The number of imide groups is 2. The van der Waals surface area contributed by atoms with E-state index in [1.807, 2.05) is 24.0 Å². The lowest BCUT2D eigenvalue weighted by Crippen LogP contribution is -2.54. The first-order chi connectivity index (χ1) is 29.1. The number of ether oxygens (including phenoxy) is 2. The van der Waals surface area contributed by atoms with Gasteiger partial charge in [-0.05, 0) is 69.2 Å². The second kappa shape index (κ2) is 17.9. The fraction of sp³-hybridized carbons (Fsp3) is 0.463. The molecule has 0 radical (unpaired) electrons. The summed E-state index contributed by atoms with van der Waals surface area (Å²) >= 11 is 0. The van der Waals surface area contributed by atoms with Crippen molar-refractivity contribution in [3.63, 3.8) is 0 Å². The molecule has 0 bridgehead atoms. The molecule has 4 N–H and O–H groups in total. The third-order valence-electron chi connectivity index (χ3n) is 11.5. The largest absolute Gasteiger partial charge is 0.382 e. The lowest BCUT2D eigenvalue weighted by molar-refractivity contribution is -0.138. The molecule has 60 heavy (non-hydrogen) atoms. The normalized spacial score (nSPS) is 20.5. The second-order valence-electron chi connectivity index (χ2n) is 15.5. The molecule has 8 rings (SSSR count). The number of anilines is 2. The standard InChI is InChI=1S/C41H47N11O8/c1-24-4-2-7-30(47-24)38(55)48-26-18-27(19-26)51-23-46-35-36(44-22-45-37(35)51)43-20-25-10-13-50(14-11-25)33(54)21-60-17-16-59-15-12-42-29-6-3-5-28-34(29)41(58)52(40(28)57)31-8-9-32(53)49-39(31)56/h2-7,22-23,25-27,31,42H,8-21H2,1H3,(H,48,55)(H,43,44,45)(H,49,53,56)/t26?,27?,31-/m0/s1. The molecule has 1 atom stereocenters. The Morgan fingerprint density at radius 3 is 2.50 bits per heavy atom. The van der Waals surface area contributed by atoms with Crippen LogP contribution in [0.3, 0.4) is 0 Å². The van der Waals surface area contributed by atoms with Gasteiger partial charge in [-0.25, -0.2) is 19.9 Å². The summed E-state index contributed by atoms with van der Waals surface area (Å²) < 4.78 is 13.3. The number of piperidine rings is 2. The predicted molar refractivity (Wildman–Crippen MR) is 215 cm³/mol. The fourth-order valence-corrected chi connectivity index (χ4v) is 8.13. The van der Waals surface area contributed by atoms with E-state index in [4.69, 9.17) is 9.47 Å². The number of benzene rings is 1. The number of rotatable bonds is 16. The van der Waals surface area contributed by atoms with Gasteiger partial charge >= 0.3 is 0 Å². The molecule has 3 aliphatic heterocycles. The summed E-state index contributed by atoms with van der Waals surface area (Å²) in [6.45, 7) is 4.88. The maximum atomic E-state index is 13.3. The van der Waals surface area contributed by atoms with Crippen molar-refractivity contribution in [2.24, 2.45) is 5.92 Å². The molecule has 3 aromatic heterocycles. The van der Waals surface area contributed by atoms with E-state index in [1.54, 1.807) is 30.6 Å². The van der Waals surface area contributed by atoms with Gasteiger partial charge in [-0.15, -0.1) is 0 Å². The molecular formula is C41H47N11O8. The Bertz CT molecular complexity index is 2300. The van der Waals surface area contributed by atoms with Crippen molar-refractivity contribution in [2.45, 2.75) is 63.6 Å². The molecule has 6 amide bonds. The number of hydrogen-bond acceptors (Lipinski definition) is 14. The lowest BCUT2D eigenvalue weighted by Gasteiger charge is -2.36. The average Bonchev–Trinajstić information content (AvgIpc) is 3.77. The fourth-order valence-electron chi connectivity index (χ4n) is 8.13. The van der Waals surface area contributed by atoms with Crippen LogP contribution in [0.1, 0.15) is 81.5 Å². The highest BCUT2D eigenvalue weighted by atomic mass is 16.5. The van der Waals surface area contributed by atoms with E-state index in [-0.39, 0.29) is 74.3 Å². The van der Waals surface area contributed by atoms with Gasteiger partial charge in [0.25, 0.3) is 17.7 Å². The number of likely N-dealkylation sites (tertiary alicyclic amines) is 1. The Balaban J connectivity index is 0.702. The molecule has 0 spiro atoms. The van der Waals surface area contributed by atoms with Crippen molar-refractivity contribution in [1.82, 2.24) is 44.9 Å². The van der Waals surface area contributed by atoms with Crippen LogP contribution in [-0.2, 0) is 23.9 Å². The number of imidazole rings is 1. The number of hydrogen-bond donors (Lipinski definition) is 4. The monoisotopic (exact) mass is 821 g/mol. The average molecular weight is 822 g/mol. The van der Waals surface area contributed by atoms with Crippen molar-refractivity contribution in [3.05, 3.63) is 71.6 Å². The summed E-state index contributed by atoms with van der Waals surface area (Å²) in [6.07, 6.45) is 6.69. The molecule has 4 aromatic rings. The molecule has 19 nitrogen and oxygen atoms in total. The van der Waals surface area contributed by atoms with Crippen LogP contribution >= 0.6 is 0 Å². The van der Waals surface area contributed by atoms with Crippen molar-refractivity contribution >= 4 is 58.1 Å². The zero-order valence-corrected chi connectivity index (χ0v) is 33.2. The van der Waals surface area contributed by atoms with Crippen LogP contribution in [0.5, 0.6) is 0 Å². The molecule has 1 aliphatic carbocycles. The van der Waals surface area contributed by atoms with Crippen LogP contribution in [0.15, 0.2) is 49.1 Å². The smallest absolute Gasteiger partial charge is 0.270 e. The van der Waals surface area contributed by atoms with Gasteiger partial charge in [0.05, 0.1) is 37.3 Å². The summed E-state index contributed by atoms with van der Waals surface area (Å²) in [5.74, 6) is -1.45. The highest BCUT2D eigenvalue weighted by molar-refractivity contribution is 6.25. The van der Waals surface area contributed by atoms with Gasteiger partial charge in [-0.2, -0.15) is 0 Å². The molecule has 314 valence electrons.